The molecule has 17 heavy (non-hydrogen) atoms. The molecule has 0 atom stereocenters. The molecule has 0 aliphatic rings. The van der Waals surface area contributed by atoms with E-state index in [4.69, 9.17) is 10.00 Å². The van der Waals surface area contributed by atoms with Crippen molar-refractivity contribution in [3.05, 3.63) is 29.8 Å². The third-order valence-corrected chi connectivity index (χ3v) is 2.57. The fraction of sp³-hybridized carbons (Fsp3) is 0.462. The zero-order valence-electron chi connectivity index (χ0n) is 10.3. The molecule has 1 aromatic carbocycles. The molecule has 0 aromatic heterocycles. The standard InChI is InChI=1S/C13H18N2O.ClH/c1-3-15(4-2)9-10-16-13-8-6-5-7-12(13)11-14;/h5-8H,3-4,9-10H2,1-2H3;1H. The van der Waals surface area contributed by atoms with E-state index in [1.54, 1.807) is 6.07 Å². The van der Waals surface area contributed by atoms with Crippen molar-refractivity contribution < 1.29 is 4.74 Å². The topological polar surface area (TPSA) is 36.3 Å². The molecule has 0 aliphatic carbocycles. The Kier molecular flexibility index (Phi) is 8.21. The first-order chi connectivity index (χ1) is 7.81. The summed E-state index contributed by atoms with van der Waals surface area (Å²) in [6, 6.07) is 9.45. The molecule has 3 nitrogen and oxygen atoms in total. The molecule has 1 aromatic rings. The van der Waals surface area contributed by atoms with Crippen LogP contribution in [0.25, 0.3) is 0 Å². The minimum atomic E-state index is 0. The molecule has 0 saturated carbocycles. The van der Waals surface area contributed by atoms with Gasteiger partial charge in [0, 0.05) is 6.54 Å². The first-order valence-corrected chi connectivity index (χ1v) is 5.66. The van der Waals surface area contributed by atoms with Crippen LogP contribution in [0.15, 0.2) is 24.3 Å². The lowest BCUT2D eigenvalue weighted by molar-refractivity contribution is 0.222. The average Bonchev–Trinajstić information content (AvgIpc) is 2.35. The van der Waals surface area contributed by atoms with Crippen LogP contribution < -0.4 is 4.74 Å². The largest absolute Gasteiger partial charge is 0.491 e. The third-order valence-electron chi connectivity index (χ3n) is 2.57. The summed E-state index contributed by atoms with van der Waals surface area (Å²) in [5.74, 6) is 0.678. The van der Waals surface area contributed by atoms with Crippen molar-refractivity contribution in [1.82, 2.24) is 4.90 Å². The van der Waals surface area contributed by atoms with Gasteiger partial charge in [0.05, 0.1) is 5.56 Å². The maximum absolute atomic E-state index is 8.88. The third kappa shape index (κ3) is 5.08. The number of likely N-dealkylation sites (N-methyl/N-ethyl adjacent to an activating group) is 1. The molecule has 0 amide bonds. The maximum Gasteiger partial charge on any atom is 0.137 e. The molecular weight excluding hydrogens is 236 g/mol. The van der Waals surface area contributed by atoms with E-state index in [1.807, 2.05) is 18.2 Å². The summed E-state index contributed by atoms with van der Waals surface area (Å²) >= 11 is 0. The van der Waals surface area contributed by atoms with Gasteiger partial charge in [-0.15, -0.1) is 12.4 Å². The minimum Gasteiger partial charge on any atom is -0.491 e. The van der Waals surface area contributed by atoms with Crippen molar-refractivity contribution in [2.24, 2.45) is 0 Å². The van der Waals surface area contributed by atoms with Crippen molar-refractivity contribution in [2.75, 3.05) is 26.2 Å². The number of rotatable bonds is 6. The van der Waals surface area contributed by atoms with E-state index in [9.17, 15) is 0 Å². The summed E-state index contributed by atoms with van der Waals surface area (Å²) in [5, 5.41) is 8.88. The Morgan fingerprint density at radius 1 is 1.24 bits per heavy atom. The van der Waals surface area contributed by atoms with Crippen LogP contribution in [-0.4, -0.2) is 31.1 Å². The summed E-state index contributed by atoms with van der Waals surface area (Å²) in [6.07, 6.45) is 0. The number of nitriles is 1. The first-order valence-electron chi connectivity index (χ1n) is 5.66. The lowest BCUT2D eigenvalue weighted by Crippen LogP contribution is -2.28. The van der Waals surface area contributed by atoms with E-state index in [0.29, 0.717) is 17.9 Å². The highest BCUT2D eigenvalue weighted by Crippen LogP contribution is 2.16. The van der Waals surface area contributed by atoms with E-state index < -0.39 is 0 Å². The quantitative estimate of drug-likeness (QED) is 0.783. The fourth-order valence-corrected chi connectivity index (χ4v) is 1.51. The molecule has 0 heterocycles. The van der Waals surface area contributed by atoms with E-state index >= 15 is 0 Å². The van der Waals surface area contributed by atoms with Gasteiger partial charge in [0.1, 0.15) is 18.4 Å². The second kappa shape index (κ2) is 8.86. The Bertz CT molecular complexity index is 359. The van der Waals surface area contributed by atoms with Crippen molar-refractivity contribution in [2.45, 2.75) is 13.8 Å². The summed E-state index contributed by atoms with van der Waals surface area (Å²) in [4.78, 5) is 2.29. The van der Waals surface area contributed by atoms with Gasteiger partial charge in [-0.3, -0.25) is 0 Å². The van der Waals surface area contributed by atoms with Crippen LogP contribution in [0, 0.1) is 11.3 Å². The fourth-order valence-electron chi connectivity index (χ4n) is 1.51. The lowest BCUT2D eigenvalue weighted by Gasteiger charge is -2.18. The SMILES string of the molecule is CCN(CC)CCOc1ccccc1C#N.Cl. The first kappa shape index (κ1) is 15.8. The highest BCUT2D eigenvalue weighted by atomic mass is 35.5. The van der Waals surface area contributed by atoms with Crippen molar-refractivity contribution >= 4 is 12.4 Å². The summed E-state index contributed by atoms with van der Waals surface area (Å²) in [7, 11) is 0. The minimum absolute atomic E-state index is 0. The van der Waals surface area contributed by atoms with Crippen LogP contribution in [0.5, 0.6) is 5.75 Å². The molecule has 0 spiro atoms. The Morgan fingerprint density at radius 3 is 2.47 bits per heavy atom. The van der Waals surface area contributed by atoms with Gasteiger partial charge in [-0.05, 0) is 25.2 Å². The van der Waals surface area contributed by atoms with E-state index in [0.717, 1.165) is 19.6 Å². The van der Waals surface area contributed by atoms with Crippen LogP contribution in [0.4, 0.5) is 0 Å². The normalized spacial score (nSPS) is 9.53. The summed E-state index contributed by atoms with van der Waals surface area (Å²) in [6.45, 7) is 7.84. The monoisotopic (exact) mass is 254 g/mol. The smallest absolute Gasteiger partial charge is 0.137 e. The van der Waals surface area contributed by atoms with Gasteiger partial charge in [0.25, 0.3) is 0 Å². The van der Waals surface area contributed by atoms with Crippen molar-refractivity contribution in [1.29, 1.82) is 5.26 Å². The number of nitrogens with zero attached hydrogens (tertiary/aromatic N) is 2. The molecule has 0 fully saturated rings. The van der Waals surface area contributed by atoms with Gasteiger partial charge in [0.2, 0.25) is 0 Å². The predicted molar refractivity (Wildman–Crippen MR) is 71.7 cm³/mol. The summed E-state index contributed by atoms with van der Waals surface area (Å²) in [5.41, 5.74) is 0.599. The van der Waals surface area contributed by atoms with E-state index in [2.05, 4.69) is 24.8 Å². The van der Waals surface area contributed by atoms with Crippen LogP contribution in [0.2, 0.25) is 0 Å². The number of halogens is 1. The zero-order chi connectivity index (χ0) is 11.8. The van der Waals surface area contributed by atoms with Crippen LogP contribution >= 0.6 is 12.4 Å². The Hall–Kier alpha value is -1.24. The molecule has 0 bridgehead atoms. The number of ether oxygens (including phenoxy) is 1. The predicted octanol–water partition coefficient (Wildman–Crippen LogP) is 2.70. The average molecular weight is 255 g/mol. The molecule has 1 rings (SSSR count). The molecule has 0 N–H and O–H groups in total. The van der Waals surface area contributed by atoms with Gasteiger partial charge in [-0.2, -0.15) is 5.26 Å². The highest BCUT2D eigenvalue weighted by Gasteiger charge is 2.03. The molecule has 4 heteroatoms. The second-order valence-electron chi connectivity index (χ2n) is 3.48. The molecule has 0 radical (unpaired) electrons. The number of benzene rings is 1. The highest BCUT2D eigenvalue weighted by molar-refractivity contribution is 5.85. The molecule has 0 unspecified atom stereocenters. The van der Waals surface area contributed by atoms with Crippen molar-refractivity contribution in [3.8, 4) is 11.8 Å². The summed E-state index contributed by atoms with van der Waals surface area (Å²) < 4.78 is 5.60. The number of para-hydroxylation sites is 1. The number of hydrogen-bond donors (Lipinski definition) is 0. The Balaban J connectivity index is 0.00000256. The van der Waals surface area contributed by atoms with Crippen LogP contribution in [0.1, 0.15) is 19.4 Å². The lowest BCUT2D eigenvalue weighted by atomic mass is 10.2. The Labute approximate surface area is 109 Å². The Morgan fingerprint density at radius 2 is 1.88 bits per heavy atom. The molecule has 94 valence electrons. The zero-order valence-corrected chi connectivity index (χ0v) is 11.2. The van der Waals surface area contributed by atoms with Gasteiger partial charge >= 0.3 is 0 Å². The second-order valence-corrected chi connectivity index (χ2v) is 3.48. The molecule has 0 aliphatic heterocycles. The molecule has 0 saturated heterocycles. The van der Waals surface area contributed by atoms with Crippen LogP contribution in [0.3, 0.4) is 0 Å². The molecular formula is C13H19ClN2O. The van der Waals surface area contributed by atoms with E-state index in [1.165, 1.54) is 0 Å². The van der Waals surface area contributed by atoms with Crippen LogP contribution in [-0.2, 0) is 0 Å². The van der Waals surface area contributed by atoms with E-state index in [-0.39, 0.29) is 12.4 Å². The van der Waals surface area contributed by atoms with Gasteiger partial charge in [-0.25, -0.2) is 0 Å². The van der Waals surface area contributed by atoms with Gasteiger partial charge in [-0.1, -0.05) is 26.0 Å². The van der Waals surface area contributed by atoms with Crippen molar-refractivity contribution in [3.63, 3.8) is 0 Å². The van der Waals surface area contributed by atoms with Gasteiger partial charge < -0.3 is 9.64 Å². The van der Waals surface area contributed by atoms with Gasteiger partial charge in [0.15, 0.2) is 0 Å². The maximum atomic E-state index is 8.88. The number of hydrogen-bond acceptors (Lipinski definition) is 3.